The molecular formula is C27H30N2O2. The van der Waals surface area contributed by atoms with Crippen LogP contribution in [-0.4, -0.2) is 41.2 Å². The van der Waals surface area contributed by atoms with Crippen molar-refractivity contribution in [3.63, 3.8) is 0 Å². The van der Waals surface area contributed by atoms with Crippen LogP contribution in [0, 0.1) is 11.8 Å². The number of aromatic nitrogens is 1. The van der Waals surface area contributed by atoms with Crippen LogP contribution in [0.25, 0.3) is 10.9 Å². The molecular weight excluding hydrogens is 384 g/mol. The van der Waals surface area contributed by atoms with Crippen molar-refractivity contribution < 1.29 is 9.84 Å². The van der Waals surface area contributed by atoms with Crippen molar-refractivity contribution in [2.24, 2.45) is 11.8 Å². The van der Waals surface area contributed by atoms with E-state index in [1.165, 1.54) is 17.5 Å². The smallest absolute Gasteiger partial charge is 0.119 e. The van der Waals surface area contributed by atoms with Gasteiger partial charge in [0.25, 0.3) is 0 Å². The first kappa shape index (κ1) is 20.2. The Balaban J connectivity index is 1.69. The predicted octanol–water partition coefficient (Wildman–Crippen LogP) is 4.76. The number of benzene rings is 2. The highest BCUT2D eigenvalue weighted by Gasteiger charge is 2.43. The standard InChI is InChI=1S/C27H30N2O2/c1-3-18-16-29-13-11-19(18)14-26(29)27(22-7-5-4-6-20(22)17-30)23-10-12-28-25-9-8-21(31-2)15-24(23)25/h3-10,12,15,18-19,26-27,30H,1,11,13-14,16-17H2,2H3/t18-,19-,26-,27+/m0/s1. The molecule has 2 bridgehead atoms. The predicted molar refractivity (Wildman–Crippen MR) is 124 cm³/mol. The van der Waals surface area contributed by atoms with Gasteiger partial charge in [0, 0.05) is 30.1 Å². The van der Waals surface area contributed by atoms with E-state index in [-0.39, 0.29) is 12.5 Å². The van der Waals surface area contributed by atoms with Gasteiger partial charge in [0.05, 0.1) is 19.2 Å². The molecule has 5 atom stereocenters. The summed E-state index contributed by atoms with van der Waals surface area (Å²) in [4.78, 5) is 7.27. The number of nitrogens with zero attached hydrogens (tertiary/aromatic N) is 2. The Bertz CT molecular complexity index is 1100. The van der Waals surface area contributed by atoms with Crippen molar-refractivity contribution >= 4 is 10.9 Å². The van der Waals surface area contributed by atoms with E-state index in [1.54, 1.807) is 7.11 Å². The van der Waals surface area contributed by atoms with Gasteiger partial charge in [-0.25, -0.2) is 0 Å². The molecule has 160 valence electrons. The van der Waals surface area contributed by atoms with Gasteiger partial charge in [0.1, 0.15) is 5.75 Å². The molecule has 0 radical (unpaired) electrons. The number of rotatable bonds is 6. The molecule has 6 rings (SSSR count). The van der Waals surface area contributed by atoms with Gasteiger partial charge in [0.2, 0.25) is 0 Å². The molecule has 0 amide bonds. The number of hydrogen-bond donors (Lipinski definition) is 1. The Labute approximate surface area is 184 Å². The Morgan fingerprint density at radius 1 is 1.23 bits per heavy atom. The lowest BCUT2D eigenvalue weighted by Gasteiger charge is -2.52. The van der Waals surface area contributed by atoms with Gasteiger partial charge in [-0.05, 0) is 72.2 Å². The van der Waals surface area contributed by atoms with E-state index in [0.717, 1.165) is 41.7 Å². The summed E-state index contributed by atoms with van der Waals surface area (Å²) in [6, 6.07) is 17.0. The number of fused-ring (bicyclic) bond motifs is 4. The monoisotopic (exact) mass is 414 g/mol. The fourth-order valence-corrected chi connectivity index (χ4v) is 5.83. The Morgan fingerprint density at radius 3 is 2.84 bits per heavy atom. The number of ether oxygens (including phenoxy) is 1. The van der Waals surface area contributed by atoms with Crippen LogP contribution in [0.15, 0.2) is 67.4 Å². The van der Waals surface area contributed by atoms with Crippen molar-refractivity contribution in [2.45, 2.75) is 31.4 Å². The van der Waals surface area contributed by atoms with E-state index in [9.17, 15) is 5.11 Å². The minimum atomic E-state index is 0.0461. The average Bonchev–Trinajstić information content (AvgIpc) is 2.84. The fourth-order valence-electron chi connectivity index (χ4n) is 5.83. The molecule has 3 aromatic rings. The second kappa shape index (κ2) is 8.45. The normalized spacial score (nSPS) is 26.0. The summed E-state index contributed by atoms with van der Waals surface area (Å²) in [5.74, 6) is 2.26. The molecule has 0 spiro atoms. The number of methoxy groups -OCH3 is 1. The van der Waals surface area contributed by atoms with Crippen LogP contribution >= 0.6 is 0 Å². The van der Waals surface area contributed by atoms with Gasteiger partial charge >= 0.3 is 0 Å². The third-order valence-corrected chi connectivity index (χ3v) is 7.42. The molecule has 3 saturated heterocycles. The second-order valence-electron chi connectivity index (χ2n) is 8.86. The maximum atomic E-state index is 10.2. The van der Waals surface area contributed by atoms with E-state index in [1.807, 2.05) is 24.4 Å². The van der Waals surface area contributed by atoms with Crippen molar-refractivity contribution in [3.05, 3.63) is 84.1 Å². The lowest BCUT2D eigenvalue weighted by molar-refractivity contribution is 0.0119. The van der Waals surface area contributed by atoms with Crippen LogP contribution in [0.1, 0.15) is 35.4 Å². The van der Waals surface area contributed by atoms with Gasteiger partial charge in [0.15, 0.2) is 0 Å². The molecule has 3 aliphatic rings. The lowest BCUT2D eigenvalue weighted by atomic mass is 9.69. The second-order valence-corrected chi connectivity index (χ2v) is 8.86. The number of hydrogen-bond acceptors (Lipinski definition) is 4. The van der Waals surface area contributed by atoms with Crippen LogP contribution in [0.4, 0.5) is 0 Å². The van der Waals surface area contributed by atoms with Crippen molar-refractivity contribution in [3.8, 4) is 5.75 Å². The maximum Gasteiger partial charge on any atom is 0.119 e. The molecule has 3 fully saturated rings. The summed E-state index contributed by atoms with van der Waals surface area (Å²) in [6.45, 7) is 6.34. The summed E-state index contributed by atoms with van der Waals surface area (Å²) in [6.07, 6.45) is 6.46. The molecule has 0 aliphatic carbocycles. The van der Waals surface area contributed by atoms with E-state index in [0.29, 0.717) is 17.9 Å². The minimum Gasteiger partial charge on any atom is -0.497 e. The highest BCUT2D eigenvalue weighted by atomic mass is 16.5. The summed E-state index contributed by atoms with van der Waals surface area (Å²) >= 11 is 0. The number of piperidine rings is 3. The first-order valence-corrected chi connectivity index (χ1v) is 11.2. The van der Waals surface area contributed by atoms with E-state index < -0.39 is 0 Å². The quantitative estimate of drug-likeness (QED) is 0.591. The zero-order chi connectivity index (χ0) is 21.4. The van der Waals surface area contributed by atoms with Gasteiger partial charge in [-0.2, -0.15) is 0 Å². The van der Waals surface area contributed by atoms with E-state index in [2.05, 4.69) is 52.9 Å². The highest BCUT2D eigenvalue weighted by molar-refractivity contribution is 5.84. The van der Waals surface area contributed by atoms with Crippen molar-refractivity contribution in [1.29, 1.82) is 0 Å². The Morgan fingerprint density at radius 2 is 2.10 bits per heavy atom. The van der Waals surface area contributed by atoms with Crippen molar-refractivity contribution in [1.82, 2.24) is 9.88 Å². The van der Waals surface area contributed by atoms with Crippen LogP contribution in [-0.2, 0) is 6.61 Å². The SMILES string of the molecule is C=C[C@H]1CN2CC[C@H]1C[C@H]2[C@H](c1ccccc1CO)c1ccnc2ccc(OC)cc12. The van der Waals surface area contributed by atoms with Crippen molar-refractivity contribution in [2.75, 3.05) is 20.2 Å². The molecule has 1 unspecified atom stereocenters. The molecule has 31 heavy (non-hydrogen) atoms. The third-order valence-electron chi connectivity index (χ3n) is 7.42. The number of pyridine rings is 1. The first-order chi connectivity index (χ1) is 15.2. The van der Waals surface area contributed by atoms with E-state index >= 15 is 0 Å². The van der Waals surface area contributed by atoms with E-state index in [4.69, 9.17) is 4.74 Å². The Hall–Kier alpha value is -2.69. The minimum absolute atomic E-state index is 0.0461. The molecule has 1 N–H and O–H groups in total. The first-order valence-electron chi connectivity index (χ1n) is 11.2. The highest BCUT2D eigenvalue weighted by Crippen LogP contribution is 2.46. The van der Waals surface area contributed by atoms with Crippen LogP contribution in [0.3, 0.4) is 0 Å². The number of aliphatic hydroxyl groups is 1. The molecule has 4 heteroatoms. The lowest BCUT2D eigenvalue weighted by Crippen LogP contribution is -2.55. The molecule has 4 heterocycles. The summed E-state index contributed by atoms with van der Waals surface area (Å²) in [5, 5.41) is 11.3. The fraction of sp³-hybridized carbons (Fsp3) is 0.370. The summed E-state index contributed by atoms with van der Waals surface area (Å²) in [5.41, 5.74) is 4.46. The zero-order valence-electron chi connectivity index (χ0n) is 18.1. The summed E-state index contributed by atoms with van der Waals surface area (Å²) in [7, 11) is 1.71. The molecule has 4 nitrogen and oxygen atoms in total. The maximum absolute atomic E-state index is 10.2. The van der Waals surface area contributed by atoms with Gasteiger partial charge < -0.3 is 9.84 Å². The molecule has 1 aromatic heterocycles. The van der Waals surface area contributed by atoms with Crippen LogP contribution < -0.4 is 4.74 Å². The molecule has 3 aliphatic heterocycles. The van der Waals surface area contributed by atoms with Gasteiger partial charge in [-0.1, -0.05) is 30.3 Å². The topological polar surface area (TPSA) is 45.6 Å². The van der Waals surface area contributed by atoms with Crippen LogP contribution in [0.2, 0.25) is 0 Å². The molecule has 0 saturated carbocycles. The average molecular weight is 415 g/mol. The van der Waals surface area contributed by atoms with Crippen LogP contribution in [0.5, 0.6) is 5.75 Å². The van der Waals surface area contributed by atoms with Gasteiger partial charge in [-0.3, -0.25) is 9.88 Å². The largest absolute Gasteiger partial charge is 0.497 e. The summed E-state index contributed by atoms with van der Waals surface area (Å²) < 4.78 is 5.54. The zero-order valence-corrected chi connectivity index (χ0v) is 18.1. The Kier molecular flexibility index (Phi) is 5.51. The number of aliphatic hydroxyl groups excluding tert-OH is 1. The molecule has 2 aromatic carbocycles. The van der Waals surface area contributed by atoms with Gasteiger partial charge in [-0.15, -0.1) is 6.58 Å². The third kappa shape index (κ3) is 3.54.